The van der Waals surface area contributed by atoms with Gasteiger partial charge in [0.2, 0.25) is 0 Å². The molecule has 0 aliphatic rings. The molecule has 7 heteroatoms. The third-order valence-corrected chi connectivity index (χ3v) is 2.82. The summed E-state index contributed by atoms with van der Waals surface area (Å²) in [5.41, 5.74) is 6.94. The molecule has 0 aromatic carbocycles. The first-order valence-electron chi connectivity index (χ1n) is 4.67. The van der Waals surface area contributed by atoms with Gasteiger partial charge in [-0.3, -0.25) is 10.1 Å². The zero-order valence-electron chi connectivity index (χ0n) is 8.90. The summed E-state index contributed by atoms with van der Waals surface area (Å²) in [6.45, 7) is 0. The average molecular weight is 344 g/mol. The van der Waals surface area contributed by atoms with Crippen molar-refractivity contribution in [2.24, 2.45) is 0 Å². The van der Waals surface area contributed by atoms with Crippen LogP contribution in [0.1, 0.15) is 10.5 Å². The summed E-state index contributed by atoms with van der Waals surface area (Å²) in [5.74, 6) is -0.256. The molecular formula is C10H9IN4O2. The minimum absolute atomic E-state index is 0.138. The molecule has 88 valence electrons. The van der Waals surface area contributed by atoms with Gasteiger partial charge < -0.3 is 10.5 Å². The lowest BCUT2D eigenvalue weighted by molar-refractivity contribution is 0.0595. The van der Waals surface area contributed by atoms with Gasteiger partial charge in [0.25, 0.3) is 0 Å². The Labute approximate surface area is 111 Å². The van der Waals surface area contributed by atoms with Gasteiger partial charge in [0.05, 0.1) is 18.4 Å². The lowest BCUT2D eigenvalue weighted by Crippen LogP contribution is -2.04. The van der Waals surface area contributed by atoms with Crippen LogP contribution in [-0.2, 0) is 4.74 Å². The quantitative estimate of drug-likeness (QED) is 0.635. The molecular weight excluding hydrogens is 335 g/mol. The number of nitrogens with one attached hydrogen (secondary N) is 1. The van der Waals surface area contributed by atoms with Crippen molar-refractivity contribution < 1.29 is 9.53 Å². The van der Waals surface area contributed by atoms with Crippen molar-refractivity contribution in [2.45, 2.75) is 0 Å². The molecule has 6 nitrogen and oxygen atoms in total. The zero-order valence-corrected chi connectivity index (χ0v) is 11.1. The van der Waals surface area contributed by atoms with E-state index in [0.717, 1.165) is 3.57 Å². The molecule has 2 heterocycles. The highest BCUT2D eigenvalue weighted by atomic mass is 127. The molecule has 2 rings (SSSR count). The second-order valence-corrected chi connectivity index (χ2v) is 4.46. The molecule has 0 atom stereocenters. The van der Waals surface area contributed by atoms with E-state index in [0.29, 0.717) is 17.1 Å². The topological polar surface area (TPSA) is 93.9 Å². The van der Waals surface area contributed by atoms with Crippen LogP contribution in [0.25, 0.3) is 11.3 Å². The first-order chi connectivity index (χ1) is 8.13. The maximum atomic E-state index is 11.5. The Morgan fingerprint density at radius 2 is 2.35 bits per heavy atom. The molecule has 0 amide bonds. The zero-order chi connectivity index (χ0) is 12.4. The number of nitrogens with two attached hydrogens (primary N) is 1. The highest BCUT2D eigenvalue weighted by molar-refractivity contribution is 14.1. The van der Waals surface area contributed by atoms with Gasteiger partial charge in [-0.15, -0.1) is 0 Å². The van der Waals surface area contributed by atoms with Crippen LogP contribution in [0.4, 0.5) is 5.82 Å². The number of hydrogen-bond donors (Lipinski definition) is 2. The SMILES string of the molecule is COC(=O)c1n[nH]c(N)c1-c1cc(I)ccn1. The van der Waals surface area contributed by atoms with Crippen molar-refractivity contribution >= 4 is 34.4 Å². The van der Waals surface area contributed by atoms with Crippen molar-refractivity contribution in [3.8, 4) is 11.3 Å². The van der Waals surface area contributed by atoms with Gasteiger partial charge >= 0.3 is 5.97 Å². The maximum absolute atomic E-state index is 11.5. The predicted molar refractivity (Wildman–Crippen MR) is 70.3 cm³/mol. The molecule has 0 saturated heterocycles. The number of methoxy groups -OCH3 is 1. The fourth-order valence-corrected chi connectivity index (χ4v) is 1.86. The van der Waals surface area contributed by atoms with Gasteiger partial charge in [-0.2, -0.15) is 5.10 Å². The van der Waals surface area contributed by atoms with E-state index >= 15 is 0 Å². The van der Waals surface area contributed by atoms with E-state index in [1.54, 1.807) is 6.20 Å². The van der Waals surface area contributed by atoms with Crippen LogP contribution < -0.4 is 5.73 Å². The molecule has 2 aromatic heterocycles. The van der Waals surface area contributed by atoms with E-state index in [-0.39, 0.29) is 5.69 Å². The number of rotatable bonds is 2. The molecule has 0 saturated carbocycles. The summed E-state index contributed by atoms with van der Waals surface area (Å²) >= 11 is 2.15. The van der Waals surface area contributed by atoms with Crippen molar-refractivity contribution in [1.29, 1.82) is 0 Å². The second-order valence-electron chi connectivity index (χ2n) is 3.21. The molecule has 0 aliphatic heterocycles. The Bertz CT molecular complexity index is 567. The van der Waals surface area contributed by atoms with E-state index in [1.807, 2.05) is 12.1 Å². The highest BCUT2D eigenvalue weighted by Crippen LogP contribution is 2.27. The molecule has 0 bridgehead atoms. The van der Waals surface area contributed by atoms with Crippen molar-refractivity contribution in [1.82, 2.24) is 15.2 Å². The number of halogens is 1. The molecule has 0 spiro atoms. The van der Waals surface area contributed by atoms with Gasteiger partial charge in [0, 0.05) is 9.77 Å². The fourth-order valence-electron chi connectivity index (χ4n) is 1.40. The van der Waals surface area contributed by atoms with E-state index in [2.05, 4.69) is 42.5 Å². The monoisotopic (exact) mass is 344 g/mol. The van der Waals surface area contributed by atoms with Gasteiger partial charge in [0.1, 0.15) is 5.82 Å². The number of hydrogen-bond acceptors (Lipinski definition) is 5. The summed E-state index contributed by atoms with van der Waals surface area (Å²) in [6.07, 6.45) is 1.64. The average Bonchev–Trinajstić information content (AvgIpc) is 2.70. The largest absolute Gasteiger partial charge is 0.464 e. The number of esters is 1. The number of aromatic nitrogens is 3. The number of ether oxygens (including phenoxy) is 1. The number of anilines is 1. The predicted octanol–water partition coefficient (Wildman–Crippen LogP) is 1.45. The molecule has 0 radical (unpaired) electrons. The number of aromatic amines is 1. The molecule has 0 fully saturated rings. The third kappa shape index (κ3) is 2.23. The minimum Gasteiger partial charge on any atom is -0.464 e. The Hall–Kier alpha value is -1.64. The standard InChI is InChI=1S/C10H9IN4O2/c1-17-10(16)8-7(9(12)15-14-8)6-4-5(11)2-3-13-6/h2-4H,1H3,(H3,12,14,15). The highest BCUT2D eigenvalue weighted by Gasteiger charge is 2.21. The summed E-state index contributed by atoms with van der Waals surface area (Å²) in [7, 11) is 1.29. The molecule has 2 aromatic rings. The van der Waals surface area contributed by atoms with E-state index < -0.39 is 5.97 Å². The first-order valence-corrected chi connectivity index (χ1v) is 5.75. The van der Waals surface area contributed by atoms with Crippen LogP contribution in [0.2, 0.25) is 0 Å². The minimum atomic E-state index is -0.548. The summed E-state index contributed by atoms with van der Waals surface area (Å²) < 4.78 is 5.63. The number of carbonyl (C=O) groups excluding carboxylic acids is 1. The summed E-state index contributed by atoms with van der Waals surface area (Å²) in [6, 6.07) is 3.66. The van der Waals surface area contributed by atoms with Gasteiger partial charge in [-0.25, -0.2) is 4.79 Å². The van der Waals surface area contributed by atoms with Crippen LogP contribution in [-0.4, -0.2) is 28.3 Å². The molecule has 3 N–H and O–H groups in total. The maximum Gasteiger partial charge on any atom is 0.359 e. The lowest BCUT2D eigenvalue weighted by atomic mass is 10.1. The number of nitrogens with zero attached hydrogens (tertiary/aromatic N) is 2. The Balaban J connectivity index is 2.58. The van der Waals surface area contributed by atoms with Gasteiger partial charge in [-0.05, 0) is 34.7 Å². The Kier molecular flexibility index (Phi) is 3.27. The number of pyridine rings is 1. The number of carbonyl (C=O) groups is 1. The van der Waals surface area contributed by atoms with Crippen LogP contribution in [0, 0.1) is 3.57 Å². The van der Waals surface area contributed by atoms with E-state index in [9.17, 15) is 4.79 Å². The second kappa shape index (κ2) is 4.70. The first kappa shape index (κ1) is 11.8. The number of nitrogen functional groups attached to an aromatic ring is 1. The molecule has 17 heavy (non-hydrogen) atoms. The smallest absolute Gasteiger partial charge is 0.359 e. The van der Waals surface area contributed by atoms with Gasteiger partial charge in [-0.1, -0.05) is 0 Å². The van der Waals surface area contributed by atoms with Gasteiger partial charge in [0.15, 0.2) is 5.69 Å². The van der Waals surface area contributed by atoms with Crippen LogP contribution in [0.5, 0.6) is 0 Å². The molecule has 0 unspecified atom stereocenters. The van der Waals surface area contributed by atoms with Crippen LogP contribution in [0.3, 0.4) is 0 Å². The van der Waals surface area contributed by atoms with Crippen molar-refractivity contribution in [2.75, 3.05) is 12.8 Å². The summed E-state index contributed by atoms with van der Waals surface area (Å²) in [4.78, 5) is 15.7. The molecule has 0 aliphatic carbocycles. The van der Waals surface area contributed by atoms with Crippen molar-refractivity contribution in [3.05, 3.63) is 27.6 Å². The Morgan fingerprint density at radius 1 is 1.59 bits per heavy atom. The summed E-state index contributed by atoms with van der Waals surface area (Å²) in [5, 5.41) is 6.38. The van der Waals surface area contributed by atoms with E-state index in [4.69, 9.17) is 5.73 Å². The third-order valence-electron chi connectivity index (χ3n) is 2.15. The fraction of sp³-hybridized carbons (Fsp3) is 0.100. The Morgan fingerprint density at radius 3 is 3.00 bits per heavy atom. The normalized spacial score (nSPS) is 10.2. The van der Waals surface area contributed by atoms with Crippen molar-refractivity contribution in [3.63, 3.8) is 0 Å². The number of H-pyrrole nitrogens is 1. The van der Waals surface area contributed by atoms with E-state index in [1.165, 1.54) is 7.11 Å². The van der Waals surface area contributed by atoms with Crippen LogP contribution >= 0.6 is 22.6 Å². The van der Waals surface area contributed by atoms with Crippen LogP contribution in [0.15, 0.2) is 18.3 Å². The lowest BCUT2D eigenvalue weighted by Gasteiger charge is -2.02.